The number of hydrogen-bond donors (Lipinski definition) is 1. The summed E-state index contributed by atoms with van der Waals surface area (Å²) in [5, 5.41) is 6.20. The molecule has 14 heavy (non-hydrogen) atoms. The minimum atomic E-state index is -0.224. The summed E-state index contributed by atoms with van der Waals surface area (Å²) in [6.45, 7) is 5.45. The molecule has 76 valence electrons. The van der Waals surface area contributed by atoms with E-state index < -0.39 is 0 Å². The van der Waals surface area contributed by atoms with Crippen LogP contribution < -0.4 is 10.00 Å². The summed E-state index contributed by atoms with van der Waals surface area (Å²) in [5.74, 6) is 0.278. The van der Waals surface area contributed by atoms with Crippen molar-refractivity contribution in [2.75, 3.05) is 5.32 Å². The van der Waals surface area contributed by atoms with Crippen LogP contribution >= 0.6 is 11.6 Å². The molecule has 0 saturated carbocycles. The second-order valence-electron chi connectivity index (χ2n) is 2.63. The van der Waals surface area contributed by atoms with Gasteiger partial charge in [0.15, 0.2) is 6.54 Å². The molecule has 0 bridgehead atoms. The average molecular weight is 217 g/mol. The molecule has 1 N–H and O–H groups in total. The van der Waals surface area contributed by atoms with Crippen LogP contribution in [-0.2, 0) is 17.2 Å². The van der Waals surface area contributed by atoms with Crippen molar-refractivity contribution in [3.8, 4) is 0 Å². The second-order valence-corrected chi connectivity index (χ2v) is 2.90. The normalized spacial score (nSPS) is 9.86. The van der Waals surface area contributed by atoms with Crippen LogP contribution in [0.25, 0.3) is 0 Å². The van der Waals surface area contributed by atoms with Gasteiger partial charge >= 0.3 is 5.88 Å². The molecule has 1 amide bonds. The number of carbonyl (C=O) groups is 1. The smallest absolute Gasteiger partial charge is 0.289 e. The van der Waals surface area contributed by atoms with Crippen molar-refractivity contribution in [3.05, 3.63) is 18.3 Å². The molecule has 1 aromatic rings. The van der Waals surface area contributed by atoms with Gasteiger partial charge < -0.3 is 0 Å². The molecule has 0 aliphatic rings. The summed E-state index contributed by atoms with van der Waals surface area (Å²) >= 11 is 5.69. The summed E-state index contributed by atoms with van der Waals surface area (Å²) in [6, 6.07) is 0. The highest BCUT2D eigenvalue weighted by Gasteiger charge is 2.23. The molecule has 0 saturated heterocycles. The number of nitrogens with zero attached hydrogens (tertiary/aromatic N) is 2. The third-order valence-corrected chi connectivity index (χ3v) is 1.78. The highest BCUT2D eigenvalue weighted by molar-refractivity contribution is 6.17. The Morgan fingerprint density at radius 2 is 2.57 bits per heavy atom. The van der Waals surface area contributed by atoms with Gasteiger partial charge in [0, 0.05) is 6.92 Å². The lowest BCUT2D eigenvalue weighted by molar-refractivity contribution is -0.758. The van der Waals surface area contributed by atoms with Gasteiger partial charge in [-0.3, -0.25) is 14.6 Å². The summed E-state index contributed by atoms with van der Waals surface area (Å²) in [6.07, 6.45) is 1.66. The zero-order valence-electron chi connectivity index (χ0n) is 7.79. The third kappa shape index (κ3) is 2.32. The molecule has 0 atom stereocenters. The maximum atomic E-state index is 10.8. The van der Waals surface area contributed by atoms with Crippen LogP contribution in [0.1, 0.15) is 12.6 Å². The molecule has 1 heterocycles. The van der Waals surface area contributed by atoms with Crippen LogP contribution in [0.4, 0.5) is 5.88 Å². The van der Waals surface area contributed by atoms with E-state index in [2.05, 4.69) is 17.2 Å². The molecule has 0 aromatic carbocycles. The highest BCUT2D eigenvalue weighted by Crippen LogP contribution is 2.12. The molecule has 6 heteroatoms. The summed E-state index contributed by atoms with van der Waals surface area (Å²) in [7, 11) is 0. The Morgan fingerprint density at radius 1 is 1.86 bits per heavy atom. The number of nitrogens with one attached hydrogen (secondary N) is 1. The van der Waals surface area contributed by atoms with Gasteiger partial charge in [-0.25, -0.2) is 0 Å². The van der Waals surface area contributed by atoms with Gasteiger partial charge in [-0.15, -0.1) is 11.6 Å². The zero-order valence-corrected chi connectivity index (χ0v) is 8.54. The third-order valence-electron chi connectivity index (χ3n) is 1.52. The zero-order chi connectivity index (χ0) is 10.6. The second kappa shape index (κ2) is 4.76. The molecule has 1 aromatic heterocycles. The van der Waals surface area contributed by atoms with Crippen LogP contribution in [0.2, 0.25) is 0 Å². The van der Waals surface area contributed by atoms with Crippen LogP contribution in [-0.4, -0.2) is 11.2 Å². The molecule has 0 unspecified atom stereocenters. The average Bonchev–Trinajstić information content (AvgIpc) is 2.47. The molecule has 1 rings (SSSR count). The molecule has 0 fully saturated rings. The van der Waals surface area contributed by atoms with Crippen molar-refractivity contribution in [2.45, 2.75) is 19.3 Å². The summed E-state index contributed by atoms with van der Waals surface area (Å²) in [4.78, 5) is 10.8. The van der Waals surface area contributed by atoms with E-state index in [1.54, 1.807) is 6.08 Å². The summed E-state index contributed by atoms with van der Waals surface area (Å²) in [5.41, 5.74) is 0.627. The van der Waals surface area contributed by atoms with Crippen LogP contribution in [0, 0.1) is 0 Å². The SMILES string of the molecule is C=CC[n+]1noc(NC(C)=O)c1CCl. The Balaban J connectivity index is 2.94. The van der Waals surface area contributed by atoms with E-state index in [0.29, 0.717) is 12.2 Å². The van der Waals surface area contributed by atoms with E-state index in [9.17, 15) is 4.79 Å². The monoisotopic (exact) mass is 216 g/mol. The first kappa shape index (κ1) is 10.7. The van der Waals surface area contributed by atoms with E-state index in [0.717, 1.165) is 0 Å². The van der Waals surface area contributed by atoms with Gasteiger partial charge in [-0.1, -0.05) is 6.58 Å². The Labute approximate surface area is 86.3 Å². The van der Waals surface area contributed by atoms with Gasteiger partial charge in [0.2, 0.25) is 11.2 Å². The van der Waals surface area contributed by atoms with Crippen LogP contribution in [0.5, 0.6) is 0 Å². The Bertz CT molecular complexity index is 348. The lowest BCUT2D eigenvalue weighted by atomic mass is 10.4. The van der Waals surface area contributed by atoms with E-state index in [1.807, 2.05) is 0 Å². The van der Waals surface area contributed by atoms with E-state index in [-0.39, 0.29) is 17.7 Å². The molecule has 0 radical (unpaired) electrons. The van der Waals surface area contributed by atoms with Gasteiger partial charge in [-0.05, 0) is 10.8 Å². The van der Waals surface area contributed by atoms with Crippen molar-refractivity contribution < 1.29 is 14.0 Å². The van der Waals surface area contributed by atoms with Gasteiger partial charge in [0.1, 0.15) is 5.88 Å². The van der Waals surface area contributed by atoms with Crippen LogP contribution in [0.3, 0.4) is 0 Å². The highest BCUT2D eigenvalue weighted by atomic mass is 35.5. The van der Waals surface area contributed by atoms with Crippen molar-refractivity contribution >= 4 is 23.4 Å². The first-order chi connectivity index (χ1) is 6.69. The van der Waals surface area contributed by atoms with Gasteiger partial charge in [-0.2, -0.15) is 0 Å². The topological polar surface area (TPSA) is 59.0 Å². The molecular formula is C8H11ClN3O2+. The number of rotatable bonds is 4. The fraction of sp³-hybridized carbons (Fsp3) is 0.375. The molecule has 5 nitrogen and oxygen atoms in total. The number of halogens is 1. The number of carbonyl (C=O) groups excluding carboxylic acids is 1. The molecule has 0 aliphatic carbocycles. The standard InChI is InChI=1S/C8H10ClN3O2/c1-3-4-12-7(5-9)8(14-11-12)10-6(2)13/h3H,1,4-5H2,2H3/p+1. The quantitative estimate of drug-likeness (QED) is 0.461. The van der Waals surface area contributed by atoms with Crippen molar-refractivity contribution in [3.63, 3.8) is 0 Å². The summed E-state index contributed by atoms with van der Waals surface area (Å²) < 4.78 is 6.43. The number of aromatic nitrogens is 2. The first-order valence-corrected chi connectivity index (χ1v) is 4.55. The fourth-order valence-electron chi connectivity index (χ4n) is 0.960. The number of amides is 1. The number of alkyl halides is 1. The van der Waals surface area contributed by atoms with Crippen molar-refractivity contribution in [2.24, 2.45) is 0 Å². The molecular weight excluding hydrogens is 206 g/mol. The number of allylic oxidation sites excluding steroid dienone is 1. The Hall–Kier alpha value is -1.36. The minimum absolute atomic E-state index is 0.215. The van der Waals surface area contributed by atoms with Crippen molar-refractivity contribution in [1.29, 1.82) is 0 Å². The van der Waals surface area contributed by atoms with Gasteiger partial charge in [0.05, 0.1) is 0 Å². The lowest BCUT2D eigenvalue weighted by Crippen LogP contribution is -2.38. The van der Waals surface area contributed by atoms with Gasteiger partial charge in [0.25, 0.3) is 5.69 Å². The Morgan fingerprint density at radius 3 is 3.07 bits per heavy atom. The lowest BCUT2D eigenvalue weighted by Gasteiger charge is -1.92. The largest absolute Gasteiger partial charge is 0.306 e. The van der Waals surface area contributed by atoms with E-state index >= 15 is 0 Å². The van der Waals surface area contributed by atoms with E-state index in [4.69, 9.17) is 16.1 Å². The fourth-order valence-corrected chi connectivity index (χ4v) is 1.22. The number of hydrogen-bond acceptors (Lipinski definition) is 3. The molecule has 0 spiro atoms. The predicted octanol–water partition coefficient (Wildman–Crippen LogP) is 0.845. The first-order valence-electron chi connectivity index (χ1n) is 4.02. The maximum absolute atomic E-state index is 10.8. The van der Waals surface area contributed by atoms with Crippen molar-refractivity contribution in [1.82, 2.24) is 5.27 Å². The maximum Gasteiger partial charge on any atom is 0.306 e. The van der Waals surface area contributed by atoms with Crippen LogP contribution in [0.15, 0.2) is 17.2 Å². The van der Waals surface area contributed by atoms with E-state index in [1.165, 1.54) is 11.6 Å². The Kier molecular flexibility index (Phi) is 3.64. The predicted molar refractivity (Wildman–Crippen MR) is 50.8 cm³/mol. The minimum Gasteiger partial charge on any atom is -0.289 e. The number of anilines is 1. The molecule has 0 aliphatic heterocycles.